The normalized spacial score (nSPS) is 15.0. The SMILES string of the molecule is CCCNC(C)CC(C)Cc1sccc1Br. The van der Waals surface area contributed by atoms with E-state index >= 15 is 0 Å². The summed E-state index contributed by atoms with van der Waals surface area (Å²) in [6.07, 6.45) is 3.66. The van der Waals surface area contributed by atoms with Crippen LogP contribution in [0.25, 0.3) is 0 Å². The molecule has 1 rings (SSSR count). The molecule has 0 aliphatic heterocycles. The van der Waals surface area contributed by atoms with Gasteiger partial charge in [0.1, 0.15) is 0 Å². The highest BCUT2D eigenvalue weighted by atomic mass is 79.9. The van der Waals surface area contributed by atoms with E-state index in [1.165, 1.54) is 28.6 Å². The third-order valence-corrected chi connectivity index (χ3v) is 4.67. The van der Waals surface area contributed by atoms with Crippen LogP contribution in [-0.2, 0) is 6.42 Å². The molecule has 1 aromatic rings. The van der Waals surface area contributed by atoms with E-state index in [1.807, 2.05) is 11.3 Å². The summed E-state index contributed by atoms with van der Waals surface area (Å²) < 4.78 is 1.28. The van der Waals surface area contributed by atoms with Crippen molar-refractivity contribution < 1.29 is 0 Å². The van der Waals surface area contributed by atoms with E-state index in [0.29, 0.717) is 6.04 Å². The van der Waals surface area contributed by atoms with Crippen LogP contribution in [0.5, 0.6) is 0 Å². The van der Waals surface area contributed by atoms with E-state index in [0.717, 1.165) is 12.5 Å². The Bertz CT molecular complexity index is 298. The number of halogens is 1. The first-order valence-electron chi connectivity index (χ1n) is 6.08. The summed E-state index contributed by atoms with van der Waals surface area (Å²) in [6.45, 7) is 7.98. The first-order chi connectivity index (χ1) is 7.63. The maximum atomic E-state index is 3.60. The smallest absolute Gasteiger partial charge is 0.0314 e. The fourth-order valence-corrected chi connectivity index (χ4v) is 3.63. The van der Waals surface area contributed by atoms with Crippen LogP contribution in [0.15, 0.2) is 15.9 Å². The average Bonchev–Trinajstić information content (AvgIpc) is 2.61. The molecule has 1 nitrogen and oxygen atoms in total. The van der Waals surface area contributed by atoms with Crippen molar-refractivity contribution in [1.29, 1.82) is 0 Å². The van der Waals surface area contributed by atoms with Gasteiger partial charge in [0.2, 0.25) is 0 Å². The second-order valence-corrected chi connectivity index (χ2v) is 6.45. The van der Waals surface area contributed by atoms with Gasteiger partial charge in [0.25, 0.3) is 0 Å². The molecule has 16 heavy (non-hydrogen) atoms. The summed E-state index contributed by atoms with van der Waals surface area (Å²) in [5.74, 6) is 0.745. The second-order valence-electron chi connectivity index (χ2n) is 4.59. The van der Waals surface area contributed by atoms with E-state index in [-0.39, 0.29) is 0 Å². The molecular weight excluding hydrogens is 282 g/mol. The van der Waals surface area contributed by atoms with Crippen molar-refractivity contribution in [2.75, 3.05) is 6.54 Å². The van der Waals surface area contributed by atoms with Crippen molar-refractivity contribution in [3.8, 4) is 0 Å². The lowest BCUT2D eigenvalue weighted by Crippen LogP contribution is -2.28. The molecule has 0 bridgehead atoms. The Morgan fingerprint density at radius 3 is 2.75 bits per heavy atom. The van der Waals surface area contributed by atoms with Crippen LogP contribution >= 0.6 is 27.3 Å². The zero-order chi connectivity index (χ0) is 12.0. The Kier molecular flexibility index (Phi) is 6.62. The predicted octanol–water partition coefficient (Wildman–Crippen LogP) is 4.47. The van der Waals surface area contributed by atoms with Gasteiger partial charge in [0.05, 0.1) is 0 Å². The number of thiophene rings is 1. The van der Waals surface area contributed by atoms with E-state index in [1.54, 1.807) is 0 Å². The van der Waals surface area contributed by atoms with Crippen LogP contribution in [0.3, 0.4) is 0 Å². The van der Waals surface area contributed by atoms with Crippen LogP contribution in [-0.4, -0.2) is 12.6 Å². The van der Waals surface area contributed by atoms with Gasteiger partial charge in [-0.25, -0.2) is 0 Å². The first kappa shape index (κ1) is 14.2. The van der Waals surface area contributed by atoms with Crippen molar-refractivity contribution >= 4 is 27.3 Å². The van der Waals surface area contributed by atoms with E-state index in [4.69, 9.17) is 0 Å². The van der Waals surface area contributed by atoms with E-state index < -0.39 is 0 Å². The standard InChI is InChI=1S/C13H22BrNS/c1-4-6-15-11(3)8-10(2)9-13-12(14)5-7-16-13/h5,7,10-11,15H,4,6,8-9H2,1-3H3. The molecule has 0 saturated heterocycles. The summed E-state index contributed by atoms with van der Waals surface area (Å²) in [4.78, 5) is 1.48. The van der Waals surface area contributed by atoms with Crippen LogP contribution < -0.4 is 5.32 Å². The quantitative estimate of drug-likeness (QED) is 0.784. The van der Waals surface area contributed by atoms with E-state index in [2.05, 4.69) is 53.5 Å². The molecule has 0 aliphatic carbocycles. The minimum absolute atomic E-state index is 0.633. The number of rotatable bonds is 7. The third kappa shape index (κ3) is 4.98. The molecule has 0 saturated carbocycles. The van der Waals surface area contributed by atoms with Gasteiger partial charge in [0.15, 0.2) is 0 Å². The topological polar surface area (TPSA) is 12.0 Å². The summed E-state index contributed by atoms with van der Waals surface area (Å²) in [7, 11) is 0. The fourth-order valence-electron chi connectivity index (χ4n) is 1.95. The molecule has 92 valence electrons. The Hall–Kier alpha value is 0.140. The van der Waals surface area contributed by atoms with Gasteiger partial charge in [0, 0.05) is 15.4 Å². The summed E-state index contributed by atoms with van der Waals surface area (Å²) >= 11 is 5.45. The molecule has 1 heterocycles. The lowest BCUT2D eigenvalue weighted by atomic mass is 9.98. The Morgan fingerprint density at radius 1 is 1.44 bits per heavy atom. The number of hydrogen-bond donors (Lipinski definition) is 1. The van der Waals surface area contributed by atoms with Gasteiger partial charge < -0.3 is 5.32 Å². The second kappa shape index (κ2) is 7.46. The maximum absolute atomic E-state index is 3.60. The lowest BCUT2D eigenvalue weighted by molar-refractivity contribution is 0.421. The third-order valence-electron chi connectivity index (χ3n) is 2.72. The maximum Gasteiger partial charge on any atom is 0.0314 e. The van der Waals surface area contributed by atoms with Crippen molar-refractivity contribution in [3.05, 3.63) is 20.8 Å². The molecule has 1 N–H and O–H groups in total. The molecule has 2 unspecified atom stereocenters. The zero-order valence-corrected chi connectivity index (χ0v) is 12.8. The molecule has 1 aromatic heterocycles. The molecule has 3 heteroatoms. The van der Waals surface area contributed by atoms with E-state index in [9.17, 15) is 0 Å². The Morgan fingerprint density at radius 2 is 2.19 bits per heavy atom. The molecule has 0 amide bonds. The summed E-state index contributed by atoms with van der Waals surface area (Å²) in [6, 6.07) is 2.78. The Balaban J connectivity index is 2.30. The number of nitrogens with one attached hydrogen (secondary N) is 1. The minimum Gasteiger partial charge on any atom is -0.314 e. The highest BCUT2D eigenvalue weighted by molar-refractivity contribution is 9.10. The van der Waals surface area contributed by atoms with Gasteiger partial charge >= 0.3 is 0 Å². The summed E-state index contributed by atoms with van der Waals surface area (Å²) in [5.41, 5.74) is 0. The lowest BCUT2D eigenvalue weighted by Gasteiger charge is -2.18. The molecule has 0 aliphatic rings. The van der Waals surface area contributed by atoms with Gasteiger partial charge in [-0.1, -0.05) is 13.8 Å². The van der Waals surface area contributed by atoms with Gasteiger partial charge in [-0.15, -0.1) is 11.3 Å². The van der Waals surface area contributed by atoms with Crippen molar-refractivity contribution in [1.82, 2.24) is 5.32 Å². The predicted molar refractivity (Wildman–Crippen MR) is 77.3 cm³/mol. The van der Waals surface area contributed by atoms with Gasteiger partial charge in [-0.3, -0.25) is 0 Å². The van der Waals surface area contributed by atoms with Gasteiger partial charge in [-0.05, 0) is 66.0 Å². The number of hydrogen-bond acceptors (Lipinski definition) is 2. The molecule has 0 aromatic carbocycles. The molecule has 2 atom stereocenters. The zero-order valence-electron chi connectivity index (χ0n) is 10.4. The van der Waals surface area contributed by atoms with Crippen LogP contribution in [0.4, 0.5) is 0 Å². The van der Waals surface area contributed by atoms with Crippen LogP contribution in [0.2, 0.25) is 0 Å². The highest BCUT2D eigenvalue weighted by Gasteiger charge is 2.11. The molecule has 0 radical (unpaired) electrons. The first-order valence-corrected chi connectivity index (χ1v) is 7.76. The monoisotopic (exact) mass is 303 g/mol. The molecule has 0 spiro atoms. The summed E-state index contributed by atoms with van der Waals surface area (Å²) in [5, 5.41) is 5.71. The average molecular weight is 304 g/mol. The minimum atomic E-state index is 0.633. The fraction of sp³-hybridized carbons (Fsp3) is 0.692. The van der Waals surface area contributed by atoms with Crippen molar-refractivity contribution in [3.63, 3.8) is 0 Å². The largest absolute Gasteiger partial charge is 0.314 e. The van der Waals surface area contributed by atoms with Crippen molar-refractivity contribution in [2.24, 2.45) is 5.92 Å². The Labute approximate surface area is 112 Å². The van der Waals surface area contributed by atoms with Gasteiger partial charge in [-0.2, -0.15) is 0 Å². The van der Waals surface area contributed by atoms with Crippen molar-refractivity contribution in [2.45, 2.75) is 46.1 Å². The molecule has 0 fully saturated rings. The van der Waals surface area contributed by atoms with Crippen LogP contribution in [0, 0.1) is 5.92 Å². The molecular formula is C13H22BrNS. The highest BCUT2D eigenvalue weighted by Crippen LogP contribution is 2.26. The van der Waals surface area contributed by atoms with Crippen LogP contribution in [0.1, 0.15) is 38.5 Å².